The summed E-state index contributed by atoms with van der Waals surface area (Å²) in [6.07, 6.45) is -3.11. The number of nitrogens with one attached hydrogen (secondary N) is 2. The Morgan fingerprint density at radius 1 is 1.24 bits per heavy atom. The predicted molar refractivity (Wildman–Crippen MR) is 108 cm³/mol. The van der Waals surface area contributed by atoms with Gasteiger partial charge in [0.1, 0.15) is 5.82 Å². The molecule has 11 heteroatoms. The topological polar surface area (TPSA) is 74.3 Å². The number of alkyl halides is 3. The van der Waals surface area contributed by atoms with Gasteiger partial charge in [-0.15, -0.1) is 0 Å². The van der Waals surface area contributed by atoms with Gasteiger partial charge in [0.2, 0.25) is 11.8 Å². The summed E-state index contributed by atoms with van der Waals surface area (Å²) in [6, 6.07) is 5.63. The van der Waals surface area contributed by atoms with Crippen molar-refractivity contribution < 1.29 is 22.8 Å². The number of likely N-dealkylation sites (N-methyl/N-ethyl adjacent to an activating group) is 1. The molecule has 0 bridgehead atoms. The van der Waals surface area contributed by atoms with E-state index in [1.807, 2.05) is 0 Å². The number of pyridine rings is 1. The fourth-order valence-corrected chi connectivity index (χ4v) is 2.72. The van der Waals surface area contributed by atoms with Crippen molar-refractivity contribution in [2.45, 2.75) is 19.1 Å². The van der Waals surface area contributed by atoms with Crippen LogP contribution >= 0.6 is 27.5 Å². The van der Waals surface area contributed by atoms with E-state index < -0.39 is 34.6 Å². The molecule has 0 spiro atoms. The van der Waals surface area contributed by atoms with E-state index in [9.17, 15) is 22.8 Å². The summed E-state index contributed by atoms with van der Waals surface area (Å²) >= 11 is 8.81. The van der Waals surface area contributed by atoms with Gasteiger partial charge in [-0.25, -0.2) is 4.98 Å². The SMILES string of the molecule is CC(C(=O)Nc1ccc(Cl)c(C(F)(F)F)c1)N(C)CC(=O)Nc1ccc(Br)cn1. The molecule has 1 aromatic heterocycles. The van der Waals surface area contributed by atoms with Gasteiger partial charge in [-0.3, -0.25) is 14.5 Å². The third kappa shape index (κ3) is 6.69. The van der Waals surface area contributed by atoms with Gasteiger partial charge < -0.3 is 10.6 Å². The van der Waals surface area contributed by atoms with Crippen LogP contribution < -0.4 is 10.6 Å². The number of anilines is 2. The fourth-order valence-electron chi connectivity index (χ4n) is 2.26. The molecule has 0 radical (unpaired) electrons. The number of amides is 2. The number of aromatic nitrogens is 1. The Labute approximate surface area is 178 Å². The van der Waals surface area contributed by atoms with Gasteiger partial charge in [0.15, 0.2) is 0 Å². The van der Waals surface area contributed by atoms with Crippen molar-refractivity contribution in [1.82, 2.24) is 9.88 Å². The lowest BCUT2D eigenvalue weighted by Crippen LogP contribution is -2.43. The molecule has 2 N–H and O–H groups in total. The van der Waals surface area contributed by atoms with Crippen molar-refractivity contribution in [3.8, 4) is 0 Å². The first kappa shape index (κ1) is 23.1. The van der Waals surface area contributed by atoms with Crippen molar-refractivity contribution in [2.75, 3.05) is 24.2 Å². The molecule has 0 aliphatic heterocycles. The highest BCUT2D eigenvalue weighted by molar-refractivity contribution is 9.10. The van der Waals surface area contributed by atoms with Crippen LogP contribution in [-0.2, 0) is 15.8 Å². The van der Waals surface area contributed by atoms with Gasteiger partial charge in [0, 0.05) is 16.4 Å². The third-order valence-electron chi connectivity index (χ3n) is 3.97. The van der Waals surface area contributed by atoms with Crippen LogP contribution in [0.15, 0.2) is 41.0 Å². The Morgan fingerprint density at radius 2 is 1.93 bits per heavy atom. The largest absolute Gasteiger partial charge is 0.417 e. The number of hydrogen-bond acceptors (Lipinski definition) is 4. The molecule has 156 valence electrons. The quantitative estimate of drug-likeness (QED) is 0.625. The van der Waals surface area contributed by atoms with Crippen LogP contribution in [0.2, 0.25) is 5.02 Å². The number of hydrogen-bond donors (Lipinski definition) is 2. The van der Waals surface area contributed by atoms with Crippen molar-refractivity contribution in [1.29, 1.82) is 0 Å². The molecule has 0 saturated heterocycles. The van der Waals surface area contributed by atoms with Crippen molar-refractivity contribution in [2.24, 2.45) is 0 Å². The van der Waals surface area contributed by atoms with E-state index >= 15 is 0 Å². The summed E-state index contributed by atoms with van der Waals surface area (Å²) in [5.74, 6) is -0.616. The predicted octanol–water partition coefficient (Wildman–Crippen LogP) is 4.41. The molecule has 0 saturated carbocycles. The molecule has 6 nitrogen and oxygen atoms in total. The van der Waals surface area contributed by atoms with E-state index in [-0.39, 0.29) is 12.2 Å². The first-order chi connectivity index (χ1) is 13.5. The zero-order chi connectivity index (χ0) is 21.8. The number of benzene rings is 1. The molecule has 2 aromatic rings. The Morgan fingerprint density at radius 3 is 2.52 bits per heavy atom. The molecule has 2 rings (SSSR count). The highest BCUT2D eigenvalue weighted by Crippen LogP contribution is 2.36. The monoisotopic (exact) mass is 492 g/mol. The van der Waals surface area contributed by atoms with Crippen LogP contribution in [0.3, 0.4) is 0 Å². The third-order valence-corrected chi connectivity index (χ3v) is 4.77. The normalized spacial score (nSPS) is 12.6. The van der Waals surface area contributed by atoms with Crippen LogP contribution in [0.4, 0.5) is 24.7 Å². The Hall–Kier alpha value is -2.17. The maximum atomic E-state index is 12.9. The van der Waals surface area contributed by atoms with E-state index in [1.54, 1.807) is 19.2 Å². The molecule has 0 aliphatic rings. The van der Waals surface area contributed by atoms with Crippen molar-refractivity contribution in [3.63, 3.8) is 0 Å². The lowest BCUT2D eigenvalue weighted by Gasteiger charge is -2.23. The number of carbonyl (C=O) groups excluding carboxylic acids is 2. The highest BCUT2D eigenvalue weighted by Gasteiger charge is 2.33. The summed E-state index contributed by atoms with van der Waals surface area (Å²) in [7, 11) is 1.54. The summed E-state index contributed by atoms with van der Waals surface area (Å²) in [4.78, 5) is 29.9. The molecule has 1 unspecified atom stereocenters. The summed E-state index contributed by atoms with van der Waals surface area (Å²) in [5.41, 5.74) is -1.09. The lowest BCUT2D eigenvalue weighted by atomic mass is 10.2. The maximum Gasteiger partial charge on any atom is 0.417 e. The first-order valence-corrected chi connectivity index (χ1v) is 9.43. The summed E-state index contributed by atoms with van der Waals surface area (Å²) < 4.78 is 39.6. The van der Waals surface area contributed by atoms with Gasteiger partial charge >= 0.3 is 6.18 Å². The van der Waals surface area contributed by atoms with E-state index in [0.29, 0.717) is 5.82 Å². The second-order valence-electron chi connectivity index (χ2n) is 6.18. The van der Waals surface area contributed by atoms with Gasteiger partial charge in [0.25, 0.3) is 0 Å². The van der Waals surface area contributed by atoms with Crippen molar-refractivity contribution in [3.05, 3.63) is 51.6 Å². The Balaban J connectivity index is 1.97. The standard InChI is InChI=1S/C18H17BrClF3N4O2/c1-10(27(2)9-16(28)26-15-6-3-11(19)8-24-15)17(29)25-12-4-5-14(20)13(7-12)18(21,22)23/h3-8,10H,9H2,1-2H3,(H,25,29)(H,24,26,28). The molecule has 29 heavy (non-hydrogen) atoms. The fraction of sp³-hybridized carbons (Fsp3) is 0.278. The van der Waals surface area contributed by atoms with Crippen LogP contribution in [0.1, 0.15) is 12.5 Å². The van der Waals surface area contributed by atoms with Crippen LogP contribution in [0, 0.1) is 0 Å². The second kappa shape index (κ2) is 9.55. The summed E-state index contributed by atoms with van der Waals surface area (Å²) in [5, 5.41) is 4.53. The first-order valence-electron chi connectivity index (χ1n) is 8.26. The smallest absolute Gasteiger partial charge is 0.325 e. The van der Waals surface area contributed by atoms with E-state index in [0.717, 1.165) is 16.6 Å². The van der Waals surface area contributed by atoms with Gasteiger partial charge in [0.05, 0.1) is 23.2 Å². The molecule has 1 aromatic carbocycles. The minimum Gasteiger partial charge on any atom is -0.325 e. The molecular weight excluding hydrogens is 477 g/mol. The summed E-state index contributed by atoms with van der Waals surface area (Å²) in [6.45, 7) is 1.40. The number of halogens is 5. The average molecular weight is 494 g/mol. The van der Waals surface area contributed by atoms with E-state index in [2.05, 4.69) is 31.5 Å². The van der Waals surface area contributed by atoms with Crippen LogP contribution in [0.25, 0.3) is 0 Å². The Kier molecular flexibility index (Phi) is 7.61. The molecule has 0 fully saturated rings. The van der Waals surface area contributed by atoms with Crippen molar-refractivity contribution >= 4 is 50.9 Å². The zero-order valence-electron chi connectivity index (χ0n) is 15.3. The van der Waals surface area contributed by atoms with E-state index in [1.165, 1.54) is 24.1 Å². The molecule has 1 heterocycles. The second-order valence-corrected chi connectivity index (χ2v) is 7.51. The molecule has 0 aliphatic carbocycles. The maximum absolute atomic E-state index is 12.9. The molecule has 2 amide bonds. The zero-order valence-corrected chi connectivity index (χ0v) is 17.7. The number of nitrogens with zero attached hydrogens (tertiary/aromatic N) is 2. The number of carbonyl (C=O) groups is 2. The van der Waals surface area contributed by atoms with Gasteiger partial charge in [-0.05, 0) is 60.2 Å². The molecule has 1 atom stereocenters. The van der Waals surface area contributed by atoms with Gasteiger partial charge in [-0.2, -0.15) is 13.2 Å². The van der Waals surface area contributed by atoms with Gasteiger partial charge in [-0.1, -0.05) is 11.6 Å². The number of rotatable bonds is 6. The average Bonchev–Trinajstić information content (AvgIpc) is 2.63. The molecular formula is C18H17BrClF3N4O2. The van der Waals surface area contributed by atoms with Crippen LogP contribution in [0.5, 0.6) is 0 Å². The Bertz CT molecular complexity index is 894. The van der Waals surface area contributed by atoms with E-state index in [4.69, 9.17) is 11.6 Å². The minimum atomic E-state index is -4.64. The minimum absolute atomic E-state index is 0.0458. The lowest BCUT2D eigenvalue weighted by molar-refractivity contribution is -0.137. The highest BCUT2D eigenvalue weighted by atomic mass is 79.9. The van der Waals surface area contributed by atoms with Crippen LogP contribution in [-0.4, -0.2) is 41.3 Å².